The average Bonchev–Trinajstić information content (AvgIpc) is 3.28. The summed E-state index contributed by atoms with van der Waals surface area (Å²) in [6.07, 6.45) is 0.681. The van der Waals surface area contributed by atoms with Crippen LogP contribution in [0.3, 0.4) is 0 Å². The van der Waals surface area contributed by atoms with Crippen LogP contribution in [0.15, 0.2) is 40.3 Å². The van der Waals surface area contributed by atoms with Crippen molar-refractivity contribution in [1.29, 1.82) is 0 Å². The fraction of sp³-hybridized carbons (Fsp3) is 0.391. The zero-order chi connectivity index (χ0) is 22.1. The number of ketones is 1. The molecule has 0 unspecified atom stereocenters. The van der Waals surface area contributed by atoms with Gasteiger partial charge in [-0.05, 0) is 64.3 Å². The van der Waals surface area contributed by atoms with Gasteiger partial charge in [-0.25, -0.2) is 0 Å². The number of hydrogen-bond donors (Lipinski definition) is 1. The number of amides is 1. The molecule has 1 fully saturated rings. The van der Waals surface area contributed by atoms with Crippen LogP contribution in [0.25, 0.3) is 5.76 Å². The third kappa shape index (κ3) is 4.03. The number of Topliss-reactive ketones (excluding diaryl/α,β-unsaturated/α-hetero) is 1. The number of nitrogens with zero attached hydrogens (tertiary/aromatic N) is 2. The van der Waals surface area contributed by atoms with Crippen LogP contribution in [0.5, 0.6) is 11.5 Å². The summed E-state index contributed by atoms with van der Waals surface area (Å²) in [6, 6.07) is 7.67. The number of fused-ring (bicyclic) bond motifs is 1. The predicted octanol–water partition coefficient (Wildman–Crippen LogP) is 2.73. The molecular formula is C23H26N2O6. The minimum atomic E-state index is -0.788. The van der Waals surface area contributed by atoms with Crippen LogP contribution in [0.2, 0.25) is 0 Å². The van der Waals surface area contributed by atoms with Crippen molar-refractivity contribution >= 4 is 17.4 Å². The van der Waals surface area contributed by atoms with Gasteiger partial charge in [0.05, 0.1) is 5.57 Å². The first-order valence-electron chi connectivity index (χ1n) is 10.3. The molecule has 164 valence electrons. The summed E-state index contributed by atoms with van der Waals surface area (Å²) >= 11 is 0. The molecule has 0 spiro atoms. The molecule has 1 amide bonds. The number of benzene rings is 1. The van der Waals surface area contributed by atoms with Crippen molar-refractivity contribution in [3.8, 4) is 11.5 Å². The van der Waals surface area contributed by atoms with E-state index >= 15 is 0 Å². The number of carbonyl (C=O) groups is 2. The van der Waals surface area contributed by atoms with E-state index in [2.05, 4.69) is 0 Å². The van der Waals surface area contributed by atoms with Crippen molar-refractivity contribution in [2.75, 3.05) is 40.4 Å². The largest absolute Gasteiger partial charge is 0.507 e. The highest BCUT2D eigenvalue weighted by Crippen LogP contribution is 2.41. The molecule has 31 heavy (non-hydrogen) atoms. The fourth-order valence-corrected chi connectivity index (χ4v) is 3.91. The molecular weight excluding hydrogens is 400 g/mol. The number of rotatable bonds is 6. The molecule has 2 aliphatic heterocycles. The zero-order valence-corrected chi connectivity index (χ0v) is 17.9. The molecule has 4 rings (SSSR count). The van der Waals surface area contributed by atoms with Crippen LogP contribution in [0, 0.1) is 6.92 Å². The Morgan fingerprint density at radius 1 is 1.13 bits per heavy atom. The highest BCUT2D eigenvalue weighted by Gasteiger charge is 2.47. The number of likely N-dealkylation sites (tertiary alicyclic amines) is 1. The summed E-state index contributed by atoms with van der Waals surface area (Å²) in [7, 11) is 3.90. The Morgan fingerprint density at radius 3 is 2.55 bits per heavy atom. The molecule has 1 aromatic heterocycles. The van der Waals surface area contributed by atoms with Gasteiger partial charge in [0.25, 0.3) is 11.7 Å². The Balaban J connectivity index is 1.76. The Bertz CT molecular complexity index is 1040. The highest BCUT2D eigenvalue weighted by molar-refractivity contribution is 6.46. The second kappa shape index (κ2) is 8.47. The highest BCUT2D eigenvalue weighted by atomic mass is 16.6. The van der Waals surface area contributed by atoms with Crippen LogP contribution in [-0.4, -0.2) is 67.0 Å². The molecule has 3 heterocycles. The van der Waals surface area contributed by atoms with Crippen molar-refractivity contribution in [3.63, 3.8) is 0 Å². The molecule has 8 heteroatoms. The molecule has 0 bridgehead atoms. The van der Waals surface area contributed by atoms with E-state index in [1.54, 1.807) is 37.3 Å². The van der Waals surface area contributed by atoms with Gasteiger partial charge in [0.1, 0.15) is 36.5 Å². The summed E-state index contributed by atoms with van der Waals surface area (Å²) in [4.78, 5) is 29.4. The Morgan fingerprint density at radius 2 is 1.87 bits per heavy atom. The van der Waals surface area contributed by atoms with Crippen LogP contribution in [0.4, 0.5) is 0 Å². The maximum absolute atomic E-state index is 13.0. The molecule has 1 aromatic carbocycles. The SMILES string of the molecule is Cc1ccc([C@H]2C(=C(O)c3ccc4c(c3)OCCO4)C(=O)C(=O)N2CCCN(C)C)o1. The summed E-state index contributed by atoms with van der Waals surface area (Å²) in [5.41, 5.74) is 0.393. The van der Waals surface area contributed by atoms with Crippen LogP contribution in [0.1, 0.15) is 29.5 Å². The normalized spacial score (nSPS) is 20.0. The van der Waals surface area contributed by atoms with Gasteiger partial charge in [-0.3, -0.25) is 9.59 Å². The molecule has 2 aromatic rings. The smallest absolute Gasteiger partial charge is 0.295 e. The third-order valence-electron chi connectivity index (χ3n) is 5.39. The van der Waals surface area contributed by atoms with Crippen LogP contribution >= 0.6 is 0 Å². The van der Waals surface area contributed by atoms with Gasteiger partial charge >= 0.3 is 0 Å². The van der Waals surface area contributed by atoms with Gasteiger partial charge in [0.15, 0.2) is 11.5 Å². The summed E-state index contributed by atoms with van der Waals surface area (Å²) in [5, 5.41) is 11.1. The van der Waals surface area contributed by atoms with E-state index in [9.17, 15) is 14.7 Å². The second-order valence-electron chi connectivity index (χ2n) is 7.96. The number of aliphatic hydroxyl groups excluding tert-OH is 1. The molecule has 1 saturated heterocycles. The second-order valence-corrected chi connectivity index (χ2v) is 7.96. The first kappa shape index (κ1) is 21.0. The Kier molecular flexibility index (Phi) is 5.73. The predicted molar refractivity (Wildman–Crippen MR) is 113 cm³/mol. The van der Waals surface area contributed by atoms with E-state index in [0.717, 1.165) is 6.54 Å². The summed E-state index contributed by atoms with van der Waals surface area (Å²) in [6.45, 7) is 3.77. The van der Waals surface area contributed by atoms with E-state index in [4.69, 9.17) is 13.9 Å². The summed E-state index contributed by atoms with van der Waals surface area (Å²) in [5.74, 6) is 0.539. The van der Waals surface area contributed by atoms with E-state index < -0.39 is 17.7 Å². The quantitative estimate of drug-likeness (QED) is 0.431. The lowest BCUT2D eigenvalue weighted by Crippen LogP contribution is -2.32. The molecule has 2 aliphatic rings. The topological polar surface area (TPSA) is 92.4 Å². The lowest BCUT2D eigenvalue weighted by molar-refractivity contribution is -0.140. The zero-order valence-electron chi connectivity index (χ0n) is 17.9. The molecule has 1 atom stereocenters. The van der Waals surface area contributed by atoms with Crippen molar-refractivity contribution < 1.29 is 28.6 Å². The first-order valence-corrected chi connectivity index (χ1v) is 10.3. The van der Waals surface area contributed by atoms with E-state index in [0.29, 0.717) is 54.8 Å². The van der Waals surface area contributed by atoms with E-state index in [-0.39, 0.29) is 11.3 Å². The van der Waals surface area contributed by atoms with Gasteiger partial charge < -0.3 is 28.8 Å². The first-order chi connectivity index (χ1) is 14.9. The van der Waals surface area contributed by atoms with Gasteiger partial charge in [-0.2, -0.15) is 0 Å². The Hall–Kier alpha value is -3.26. The lowest BCUT2D eigenvalue weighted by Gasteiger charge is -2.24. The van der Waals surface area contributed by atoms with Gasteiger partial charge in [0, 0.05) is 12.1 Å². The fourth-order valence-electron chi connectivity index (χ4n) is 3.91. The number of ether oxygens (including phenoxy) is 2. The van der Waals surface area contributed by atoms with Crippen molar-refractivity contribution in [2.24, 2.45) is 0 Å². The average molecular weight is 426 g/mol. The molecule has 0 saturated carbocycles. The van der Waals surface area contributed by atoms with Crippen LogP contribution in [-0.2, 0) is 9.59 Å². The van der Waals surface area contributed by atoms with E-state index in [1.807, 2.05) is 19.0 Å². The minimum Gasteiger partial charge on any atom is -0.507 e. The van der Waals surface area contributed by atoms with Gasteiger partial charge in [0.2, 0.25) is 0 Å². The number of aryl methyl sites for hydroxylation is 1. The molecule has 0 aliphatic carbocycles. The number of furan rings is 1. The summed E-state index contributed by atoms with van der Waals surface area (Å²) < 4.78 is 16.9. The Labute approximate surface area is 180 Å². The van der Waals surface area contributed by atoms with Crippen LogP contribution < -0.4 is 9.47 Å². The number of hydrogen-bond acceptors (Lipinski definition) is 7. The van der Waals surface area contributed by atoms with E-state index in [1.165, 1.54) is 4.90 Å². The van der Waals surface area contributed by atoms with Crippen molar-refractivity contribution in [3.05, 3.63) is 53.0 Å². The maximum Gasteiger partial charge on any atom is 0.295 e. The molecule has 0 radical (unpaired) electrons. The van der Waals surface area contributed by atoms with Crippen molar-refractivity contribution in [1.82, 2.24) is 9.80 Å². The maximum atomic E-state index is 13.0. The number of aliphatic hydroxyl groups is 1. The monoisotopic (exact) mass is 426 g/mol. The molecule has 8 nitrogen and oxygen atoms in total. The third-order valence-corrected chi connectivity index (χ3v) is 5.39. The number of carbonyl (C=O) groups excluding carboxylic acids is 2. The molecule has 1 N–H and O–H groups in total. The van der Waals surface area contributed by atoms with Gasteiger partial charge in [-0.1, -0.05) is 0 Å². The van der Waals surface area contributed by atoms with Crippen molar-refractivity contribution in [2.45, 2.75) is 19.4 Å². The minimum absolute atomic E-state index is 0.0147. The lowest BCUT2D eigenvalue weighted by atomic mass is 9.99. The standard InChI is InChI=1S/C23H26N2O6/c1-14-5-7-17(31-14)20-19(22(27)23(28)25(20)10-4-9-24(2)3)21(26)15-6-8-16-18(13-15)30-12-11-29-16/h5-8,13,20,26H,4,9-12H2,1-3H3/t20-/m0/s1. The van der Waals surface area contributed by atoms with Gasteiger partial charge in [-0.15, -0.1) is 0 Å².